The third-order valence-electron chi connectivity index (χ3n) is 23.0. The number of hydrogen-bond donors (Lipinski definition) is 4. The number of para-hydroxylation sites is 2. The van der Waals surface area contributed by atoms with Gasteiger partial charge in [-0.05, 0) is 205 Å². The number of hydrogen-bond acceptors (Lipinski definition) is 8. The number of halogens is 18. The van der Waals surface area contributed by atoms with E-state index in [-0.39, 0.29) is 67.2 Å². The molecule has 4 heterocycles. The Morgan fingerprint density at radius 3 is 0.926 bits per heavy atom. The first-order valence-corrected chi connectivity index (χ1v) is 46.9. The molecule has 17 rings (SSSR count). The monoisotopic (exact) mass is 2060 g/mol. The summed E-state index contributed by atoms with van der Waals surface area (Å²) < 4.78 is 79.2. The molecule has 0 spiro atoms. The summed E-state index contributed by atoms with van der Waals surface area (Å²) in [5, 5.41) is 17.9. The van der Waals surface area contributed by atoms with Gasteiger partial charge in [0.15, 0.2) is 0 Å². The maximum absolute atomic E-state index is 13.5. The summed E-state index contributed by atoms with van der Waals surface area (Å²) in [5.41, 5.74) is 9.98. The fraction of sp³-hybridized carbons (Fsp3) is 0.188. The van der Waals surface area contributed by atoms with E-state index in [1.54, 1.807) is 65.6 Å². The van der Waals surface area contributed by atoms with E-state index in [0.29, 0.717) is 119 Å². The number of carbonyl (C=O) groups is 4. The van der Waals surface area contributed by atoms with Crippen LogP contribution in [0.4, 0.5) is 91.0 Å². The Hall–Kier alpha value is -10.8. The molecule has 16 nitrogen and oxygen atoms in total. The Morgan fingerprint density at radius 1 is 0.281 bits per heavy atom. The normalized spacial score (nSPS) is 16.2. The van der Waals surface area contributed by atoms with Gasteiger partial charge in [-0.25, -0.2) is 19.2 Å². The van der Waals surface area contributed by atoms with Gasteiger partial charge in [0.25, 0.3) is 0 Å². The Labute approximate surface area is 837 Å². The van der Waals surface area contributed by atoms with Crippen LogP contribution < -0.4 is 40.9 Å². The molecule has 0 aromatic heterocycles. The summed E-state index contributed by atoms with van der Waals surface area (Å²) in [7, 11) is 0. The second-order valence-corrected chi connectivity index (χ2v) is 37.0. The lowest BCUT2D eigenvalue weighted by Crippen LogP contribution is -2.52. The number of benzene rings is 13. The molecule has 0 radical (unpaired) electrons. The van der Waals surface area contributed by atoms with E-state index in [0.717, 1.165) is 91.3 Å². The Kier molecular flexibility index (Phi) is 33.7. The fourth-order valence-electron chi connectivity index (χ4n) is 16.3. The zero-order valence-electron chi connectivity index (χ0n) is 71.6. The highest BCUT2D eigenvalue weighted by Gasteiger charge is 2.40. The largest absolute Gasteiger partial charge is 0.418 e. The summed E-state index contributed by atoms with van der Waals surface area (Å²) in [6.07, 6.45) is -9.08. The lowest BCUT2D eigenvalue weighted by atomic mass is 10.0. The number of aryl methyl sites for hydroxylation is 1. The molecule has 0 bridgehead atoms. The summed E-state index contributed by atoms with van der Waals surface area (Å²) in [6, 6.07) is 84.3. The summed E-state index contributed by atoms with van der Waals surface area (Å²) in [4.78, 5) is 67.7. The molecule has 4 fully saturated rings. The van der Waals surface area contributed by atoms with Crippen LogP contribution in [-0.4, -0.2) is 122 Å². The predicted octanol–water partition coefficient (Wildman–Crippen LogP) is 31.0. The number of carbonyl (C=O) groups excluding carboxylic acids is 4. The molecule has 4 saturated heterocycles. The van der Waals surface area contributed by atoms with Crippen LogP contribution in [0.2, 0.25) is 60.3 Å². The molecule has 4 atom stereocenters. The van der Waals surface area contributed by atoms with Crippen LogP contribution in [0, 0.1) is 6.92 Å². The molecule has 4 N–H and O–H groups in total. The van der Waals surface area contributed by atoms with Crippen LogP contribution in [0.5, 0.6) is 0 Å². The Balaban J connectivity index is 0.000000144. The standard InChI is InChI=1S/C29H24Cl3N3O.2C24H19Cl3F3N3O.C24H22Cl3N3O/c30-22-12-10-21(11-13-22)28-19-34(16-17-35(28)27-15-14-23(31)18-25(27)32)29(36)33-26-9-5-4-8-24(26)20-6-2-1-3-7-20;25-17-6-4-15(5-7-17)22-14-32(10-11-33(22)21-9-8-18(26)13-20(21)27)23(34)31-19-3-1-2-16(12-19)24(28,29)30;25-16-7-5-15(6-8-16)22-14-32(11-12-33(22)21-10-9-17(26)13-19(21)27)23(34)31-20-4-2-1-3-18(20)24(28,29)30;1-16-2-9-20(10-3-16)28-24(31)29-12-13-30(22-11-8-19(26)14-21(22)27)23(15-29)17-4-6-18(25)7-5-17/h1-15,18,28H,16-17,19H2,(H,33,36);1-9,12-13,22H,10-11,14H2,(H,31,34);1-10,13,22H,11-12,14H2,(H,31,34);2-11,14,23H,12-13,15H2,1H3,(H,28,31). The molecule has 135 heavy (non-hydrogen) atoms. The van der Waals surface area contributed by atoms with Gasteiger partial charge in [0.1, 0.15) is 0 Å². The second-order valence-electron chi connectivity index (χ2n) is 31.8. The maximum atomic E-state index is 13.5. The van der Waals surface area contributed by atoms with Crippen LogP contribution in [0.25, 0.3) is 11.1 Å². The van der Waals surface area contributed by atoms with E-state index < -0.39 is 35.5 Å². The quantitative estimate of drug-likeness (QED) is 0.0836. The lowest BCUT2D eigenvalue weighted by Gasteiger charge is -2.43. The van der Waals surface area contributed by atoms with Crippen molar-refractivity contribution in [2.45, 2.75) is 43.4 Å². The Morgan fingerprint density at radius 2 is 0.585 bits per heavy atom. The zero-order valence-corrected chi connectivity index (χ0v) is 80.7. The number of urea groups is 4. The van der Waals surface area contributed by atoms with Gasteiger partial charge >= 0.3 is 36.5 Å². The van der Waals surface area contributed by atoms with E-state index in [4.69, 9.17) is 139 Å². The third-order valence-corrected chi connectivity index (χ3v) is 26.2. The number of alkyl halides is 6. The van der Waals surface area contributed by atoms with Crippen molar-refractivity contribution in [1.82, 2.24) is 19.6 Å². The molecule has 4 aliphatic heterocycles. The molecule has 4 unspecified atom stereocenters. The number of nitrogens with zero attached hydrogens (tertiary/aromatic N) is 8. The minimum absolute atomic E-state index is 0.0750. The number of rotatable bonds is 13. The predicted molar refractivity (Wildman–Crippen MR) is 540 cm³/mol. The Bertz CT molecular complexity index is 6330. The van der Waals surface area contributed by atoms with Gasteiger partial charge in [-0.1, -0.05) is 272 Å². The molecule has 4 aliphatic rings. The van der Waals surface area contributed by atoms with Gasteiger partial charge in [-0.15, -0.1) is 0 Å². The van der Waals surface area contributed by atoms with Crippen molar-refractivity contribution in [3.8, 4) is 11.1 Å². The number of nitrogens with one attached hydrogen (secondary N) is 4. The number of anilines is 8. The summed E-state index contributed by atoms with van der Waals surface area (Å²) in [6.45, 7) is 7.36. The van der Waals surface area contributed by atoms with Crippen LogP contribution in [0.1, 0.15) is 63.1 Å². The zero-order chi connectivity index (χ0) is 95.9. The van der Waals surface area contributed by atoms with Crippen molar-refractivity contribution in [3.05, 3.63) is 396 Å². The molecule has 13 aromatic carbocycles. The first-order chi connectivity index (χ1) is 64.6. The third kappa shape index (κ3) is 26.1. The average molecular weight is 2070 g/mol. The summed E-state index contributed by atoms with van der Waals surface area (Å²) in [5.74, 6) is 0. The van der Waals surface area contributed by atoms with Gasteiger partial charge in [-0.2, -0.15) is 26.3 Å². The second kappa shape index (κ2) is 45.4. The van der Waals surface area contributed by atoms with Crippen LogP contribution in [0.15, 0.2) is 297 Å². The molecule has 0 saturated carbocycles. The van der Waals surface area contributed by atoms with Crippen LogP contribution >= 0.6 is 139 Å². The van der Waals surface area contributed by atoms with E-state index >= 15 is 0 Å². The molecule has 698 valence electrons. The van der Waals surface area contributed by atoms with Gasteiger partial charge in [-0.3, -0.25) is 0 Å². The first kappa shape index (κ1) is 100. The highest BCUT2D eigenvalue weighted by molar-refractivity contribution is 6.39. The van der Waals surface area contributed by atoms with Gasteiger partial charge in [0.05, 0.1) is 89.5 Å². The van der Waals surface area contributed by atoms with Gasteiger partial charge in [0, 0.05) is 136 Å². The molecule has 8 amide bonds. The maximum Gasteiger partial charge on any atom is 0.418 e. The van der Waals surface area contributed by atoms with Gasteiger partial charge in [0.2, 0.25) is 0 Å². The summed E-state index contributed by atoms with van der Waals surface area (Å²) >= 11 is 74.8. The SMILES string of the molecule is Cc1ccc(NC(=O)N2CCN(c3ccc(Cl)cc3Cl)C(c3ccc(Cl)cc3)C2)cc1.O=C(Nc1cccc(C(F)(F)F)c1)N1CCN(c2ccc(Cl)cc2Cl)C(c2ccc(Cl)cc2)C1.O=C(Nc1ccccc1-c1ccccc1)N1CCN(c2ccc(Cl)cc2Cl)C(c2ccc(Cl)cc2)C1.O=C(Nc1ccccc1C(F)(F)F)N1CCN(c2ccc(Cl)cc2Cl)C(c2ccc(Cl)cc2)C1. The van der Waals surface area contributed by atoms with E-state index in [1.807, 2.05) is 205 Å². The minimum Gasteiger partial charge on any atom is -0.360 e. The molecule has 0 aliphatic carbocycles. The smallest absolute Gasteiger partial charge is 0.360 e. The van der Waals surface area contributed by atoms with Crippen LogP contribution in [0.3, 0.4) is 0 Å². The van der Waals surface area contributed by atoms with Crippen molar-refractivity contribution in [3.63, 3.8) is 0 Å². The highest BCUT2D eigenvalue weighted by atomic mass is 35.5. The highest BCUT2D eigenvalue weighted by Crippen LogP contribution is 2.45. The van der Waals surface area contributed by atoms with E-state index in [2.05, 4.69) is 40.9 Å². The van der Waals surface area contributed by atoms with Crippen molar-refractivity contribution in [2.75, 3.05) is 119 Å². The number of piperazine rings is 4. The van der Waals surface area contributed by atoms with Crippen molar-refractivity contribution in [2.24, 2.45) is 0 Å². The molecular formula is C101H84Cl12F6N12O4. The first-order valence-electron chi connectivity index (χ1n) is 42.3. The molecule has 34 heteroatoms. The van der Waals surface area contributed by atoms with Crippen molar-refractivity contribution in [1.29, 1.82) is 0 Å². The van der Waals surface area contributed by atoms with E-state index in [1.165, 1.54) is 35.2 Å². The number of amides is 8. The van der Waals surface area contributed by atoms with Crippen molar-refractivity contribution >= 4 is 209 Å². The minimum atomic E-state index is -4.58. The van der Waals surface area contributed by atoms with Crippen LogP contribution in [-0.2, 0) is 12.4 Å². The molecular weight excluding hydrogens is 1980 g/mol. The molecule has 13 aromatic rings. The van der Waals surface area contributed by atoms with Gasteiger partial charge < -0.3 is 60.5 Å². The lowest BCUT2D eigenvalue weighted by molar-refractivity contribution is -0.138. The van der Waals surface area contributed by atoms with E-state index in [9.17, 15) is 45.5 Å². The fourth-order valence-corrected chi connectivity index (χ4v) is 18.8. The average Bonchev–Trinajstić information content (AvgIpc) is 0.794. The van der Waals surface area contributed by atoms with Crippen molar-refractivity contribution < 1.29 is 45.5 Å². The topological polar surface area (TPSA) is 142 Å².